The number of benzene rings is 1. The van der Waals surface area contributed by atoms with Crippen molar-refractivity contribution >= 4 is 6.09 Å². The Bertz CT molecular complexity index is 467. The van der Waals surface area contributed by atoms with Gasteiger partial charge in [0.2, 0.25) is 0 Å². The Balaban J connectivity index is 1.62. The standard InChI is InChI=1S/C15H20N2O2/c18-15(19)16-9-6-14(7-10-16)17-8-5-12-3-1-2-4-13(12)11-17/h1-4,14H,5-11H2,(H,18,19). The van der Waals surface area contributed by atoms with Crippen molar-refractivity contribution in [1.29, 1.82) is 0 Å². The number of piperidine rings is 1. The third-order valence-electron chi connectivity index (χ3n) is 4.41. The van der Waals surface area contributed by atoms with Gasteiger partial charge in [0.15, 0.2) is 0 Å². The quantitative estimate of drug-likeness (QED) is 0.841. The first kappa shape index (κ1) is 12.5. The average molecular weight is 260 g/mol. The van der Waals surface area contributed by atoms with Crippen LogP contribution in [0.4, 0.5) is 4.79 Å². The van der Waals surface area contributed by atoms with Crippen molar-refractivity contribution in [2.24, 2.45) is 0 Å². The minimum absolute atomic E-state index is 0.545. The summed E-state index contributed by atoms with van der Waals surface area (Å²) in [6, 6.07) is 9.20. The van der Waals surface area contributed by atoms with Gasteiger partial charge in [-0.2, -0.15) is 0 Å². The number of hydrogen-bond acceptors (Lipinski definition) is 2. The maximum absolute atomic E-state index is 10.9. The summed E-state index contributed by atoms with van der Waals surface area (Å²) in [7, 11) is 0. The summed E-state index contributed by atoms with van der Waals surface area (Å²) in [6.07, 6.45) is 2.28. The Morgan fingerprint density at radius 3 is 2.47 bits per heavy atom. The highest BCUT2D eigenvalue weighted by Gasteiger charge is 2.28. The predicted octanol–water partition coefficient (Wildman–Crippen LogP) is 2.19. The molecule has 1 aromatic rings. The first-order valence-electron chi connectivity index (χ1n) is 7.03. The molecule has 1 amide bonds. The van der Waals surface area contributed by atoms with Crippen molar-refractivity contribution in [1.82, 2.24) is 9.80 Å². The molecule has 1 saturated heterocycles. The van der Waals surface area contributed by atoms with Crippen LogP contribution in [0.2, 0.25) is 0 Å². The van der Waals surface area contributed by atoms with Gasteiger partial charge in [-0.1, -0.05) is 24.3 Å². The molecule has 0 radical (unpaired) electrons. The molecular weight excluding hydrogens is 240 g/mol. The second kappa shape index (κ2) is 5.21. The van der Waals surface area contributed by atoms with Gasteiger partial charge in [0.05, 0.1) is 0 Å². The third-order valence-corrected chi connectivity index (χ3v) is 4.41. The van der Waals surface area contributed by atoms with E-state index in [2.05, 4.69) is 29.2 Å². The first-order chi connectivity index (χ1) is 9.24. The number of hydrogen-bond donors (Lipinski definition) is 1. The molecule has 102 valence electrons. The molecule has 1 aromatic carbocycles. The molecular formula is C15H20N2O2. The van der Waals surface area contributed by atoms with Crippen LogP contribution < -0.4 is 0 Å². The van der Waals surface area contributed by atoms with Crippen molar-refractivity contribution in [3.63, 3.8) is 0 Å². The van der Waals surface area contributed by atoms with Crippen molar-refractivity contribution in [2.45, 2.75) is 31.8 Å². The lowest BCUT2D eigenvalue weighted by Gasteiger charge is -2.40. The SMILES string of the molecule is O=C(O)N1CCC(N2CCc3ccccc3C2)CC1. The summed E-state index contributed by atoms with van der Waals surface area (Å²) in [5.41, 5.74) is 2.91. The van der Waals surface area contributed by atoms with E-state index >= 15 is 0 Å². The van der Waals surface area contributed by atoms with Gasteiger partial charge >= 0.3 is 6.09 Å². The van der Waals surface area contributed by atoms with Gasteiger partial charge in [0.1, 0.15) is 0 Å². The molecule has 0 bridgehead atoms. The minimum Gasteiger partial charge on any atom is -0.465 e. The van der Waals surface area contributed by atoms with E-state index in [4.69, 9.17) is 5.11 Å². The largest absolute Gasteiger partial charge is 0.465 e. The molecule has 2 heterocycles. The highest BCUT2D eigenvalue weighted by Crippen LogP contribution is 2.24. The summed E-state index contributed by atoms with van der Waals surface area (Å²) < 4.78 is 0. The first-order valence-corrected chi connectivity index (χ1v) is 7.03. The summed E-state index contributed by atoms with van der Waals surface area (Å²) in [4.78, 5) is 15.0. The van der Waals surface area contributed by atoms with Crippen LogP contribution in [0.3, 0.4) is 0 Å². The summed E-state index contributed by atoms with van der Waals surface area (Å²) in [6.45, 7) is 3.49. The van der Waals surface area contributed by atoms with Crippen molar-refractivity contribution in [3.05, 3.63) is 35.4 Å². The molecule has 0 spiro atoms. The molecule has 0 aromatic heterocycles. The van der Waals surface area contributed by atoms with Crippen LogP contribution >= 0.6 is 0 Å². The van der Waals surface area contributed by atoms with Gasteiger partial charge in [-0.3, -0.25) is 4.90 Å². The molecule has 0 aliphatic carbocycles. The number of carbonyl (C=O) groups is 1. The Labute approximate surface area is 113 Å². The number of likely N-dealkylation sites (tertiary alicyclic amines) is 1. The van der Waals surface area contributed by atoms with Crippen molar-refractivity contribution in [3.8, 4) is 0 Å². The van der Waals surface area contributed by atoms with E-state index in [1.807, 2.05) is 0 Å². The van der Waals surface area contributed by atoms with E-state index in [1.54, 1.807) is 0 Å². The molecule has 3 rings (SSSR count). The molecule has 4 heteroatoms. The maximum atomic E-state index is 10.9. The van der Waals surface area contributed by atoms with E-state index in [0.717, 1.165) is 32.4 Å². The van der Waals surface area contributed by atoms with Crippen molar-refractivity contribution < 1.29 is 9.90 Å². The molecule has 0 atom stereocenters. The molecule has 0 saturated carbocycles. The van der Waals surface area contributed by atoms with Gasteiger partial charge in [-0.05, 0) is 30.4 Å². The van der Waals surface area contributed by atoms with E-state index < -0.39 is 6.09 Å². The number of rotatable bonds is 1. The second-order valence-corrected chi connectivity index (χ2v) is 5.49. The third kappa shape index (κ3) is 2.59. The van der Waals surface area contributed by atoms with E-state index in [-0.39, 0.29) is 0 Å². The fraction of sp³-hybridized carbons (Fsp3) is 0.533. The smallest absolute Gasteiger partial charge is 0.407 e. The highest BCUT2D eigenvalue weighted by atomic mass is 16.4. The molecule has 4 nitrogen and oxygen atoms in total. The second-order valence-electron chi connectivity index (χ2n) is 5.49. The monoisotopic (exact) mass is 260 g/mol. The lowest BCUT2D eigenvalue weighted by molar-refractivity contribution is 0.0885. The topological polar surface area (TPSA) is 43.8 Å². The zero-order valence-corrected chi connectivity index (χ0v) is 11.1. The molecule has 2 aliphatic rings. The lowest BCUT2D eigenvalue weighted by atomic mass is 9.95. The minimum atomic E-state index is -0.776. The van der Waals surface area contributed by atoms with Gasteiger partial charge in [-0.15, -0.1) is 0 Å². The maximum Gasteiger partial charge on any atom is 0.407 e. The van der Waals surface area contributed by atoms with E-state index in [1.165, 1.54) is 16.0 Å². The summed E-state index contributed by atoms with van der Waals surface area (Å²) in [5, 5.41) is 8.98. The summed E-state index contributed by atoms with van der Waals surface area (Å²) >= 11 is 0. The normalized spacial score (nSPS) is 21.2. The Kier molecular flexibility index (Phi) is 3.42. The number of carboxylic acid groups (broad SMARTS) is 1. The fourth-order valence-electron chi connectivity index (χ4n) is 3.25. The van der Waals surface area contributed by atoms with Crippen LogP contribution in [0.15, 0.2) is 24.3 Å². The van der Waals surface area contributed by atoms with Gasteiger partial charge in [0.25, 0.3) is 0 Å². The Morgan fingerprint density at radius 2 is 1.79 bits per heavy atom. The number of fused-ring (bicyclic) bond motifs is 1. The molecule has 19 heavy (non-hydrogen) atoms. The zero-order valence-electron chi connectivity index (χ0n) is 11.1. The number of nitrogens with zero attached hydrogens (tertiary/aromatic N) is 2. The van der Waals surface area contributed by atoms with Crippen LogP contribution in [0, 0.1) is 0 Å². The average Bonchev–Trinajstić information content (AvgIpc) is 2.47. The zero-order chi connectivity index (χ0) is 13.2. The Morgan fingerprint density at radius 1 is 1.11 bits per heavy atom. The van der Waals surface area contributed by atoms with Crippen LogP contribution in [0.5, 0.6) is 0 Å². The molecule has 1 fully saturated rings. The molecule has 2 aliphatic heterocycles. The number of amides is 1. The van der Waals surface area contributed by atoms with Crippen molar-refractivity contribution in [2.75, 3.05) is 19.6 Å². The van der Waals surface area contributed by atoms with Crippen LogP contribution in [-0.2, 0) is 13.0 Å². The molecule has 1 N–H and O–H groups in total. The predicted molar refractivity (Wildman–Crippen MR) is 73.2 cm³/mol. The molecule has 0 unspecified atom stereocenters. The van der Waals surface area contributed by atoms with Gasteiger partial charge in [0, 0.05) is 32.2 Å². The van der Waals surface area contributed by atoms with Gasteiger partial charge < -0.3 is 10.0 Å². The van der Waals surface area contributed by atoms with E-state index in [9.17, 15) is 4.79 Å². The van der Waals surface area contributed by atoms with Crippen LogP contribution in [0.1, 0.15) is 24.0 Å². The van der Waals surface area contributed by atoms with E-state index in [0.29, 0.717) is 19.1 Å². The fourth-order valence-corrected chi connectivity index (χ4v) is 3.25. The van der Waals surface area contributed by atoms with Gasteiger partial charge in [-0.25, -0.2) is 4.79 Å². The summed E-state index contributed by atoms with van der Waals surface area (Å²) in [5.74, 6) is 0. The van der Waals surface area contributed by atoms with Crippen LogP contribution in [-0.4, -0.2) is 46.7 Å². The lowest BCUT2D eigenvalue weighted by Crippen LogP contribution is -2.47. The van der Waals surface area contributed by atoms with Crippen LogP contribution in [0.25, 0.3) is 0 Å². The Hall–Kier alpha value is -1.55. The highest BCUT2D eigenvalue weighted by molar-refractivity contribution is 5.65.